The second kappa shape index (κ2) is 8.39. The number of hydrogen-bond acceptors (Lipinski definition) is 7. The average molecular weight is 367 g/mol. The van der Waals surface area contributed by atoms with Gasteiger partial charge in [-0.15, -0.1) is 5.10 Å². The zero-order valence-corrected chi connectivity index (χ0v) is 15.9. The molecule has 0 spiro atoms. The van der Waals surface area contributed by atoms with Crippen molar-refractivity contribution in [2.75, 3.05) is 35.6 Å². The number of rotatable bonds is 8. The third kappa shape index (κ3) is 4.28. The number of nitrogens with two attached hydrogens (primary N) is 1. The summed E-state index contributed by atoms with van der Waals surface area (Å²) in [5, 5.41) is 7.58. The van der Waals surface area contributed by atoms with Crippen molar-refractivity contribution in [3.63, 3.8) is 0 Å². The quantitative estimate of drug-likeness (QED) is 0.631. The van der Waals surface area contributed by atoms with Crippen LogP contribution in [0.1, 0.15) is 20.8 Å². The average Bonchev–Trinajstić information content (AvgIpc) is 3.05. The summed E-state index contributed by atoms with van der Waals surface area (Å²) in [6.07, 6.45) is 0. The van der Waals surface area contributed by atoms with E-state index in [-0.39, 0.29) is 5.95 Å². The Balaban J connectivity index is 1.78. The van der Waals surface area contributed by atoms with Gasteiger partial charge < -0.3 is 20.7 Å². The van der Waals surface area contributed by atoms with E-state index in [9.17, 15) is 0 Å². The lowest BCUT2D eigenvalue weighted by molar-refractivity contribution is 0.326. The Bertz CT molecular complexity index is 872. The van der Waals surface area contributed by atoms with Crippen LogP contribution < -0.4 is 20.7 Å². The van der Waals surface area contributed by atoms with Gasteiger partial charge in [0.2, 0.25) is 17.8 Å². The van der Waals surface area contributed by atoms with Crippen molar-refractivity contribution in [1.82, 2.24) is 19.7 Å². The van der Waals surface area contributed by atoms with Crippen molar-refractivity contribution in [1.29, 1.82) is 0 Å². The van der Waals surface area contributed by atoms with Crippen LogP contribution in [0.25, 0.3) is 5.82 Å². The molecule has 0 amide bonds. The van der Waals surface area contributed by atoms with Crippen molar-refractivity contribution in [2.45, 2.75) is 20.8 Å². The Labute approximate surface area is 159 Å². The molecule has 0 aliphatic heterocycles. The highest BCUT2D eigenvalue weighted by Gasteiger charge is 2.11. The summed E-state index contributed by atoms with van der Waals surface area (Å²) in [5.41, 5.74) is 8.08. The Morgan fingerprint density at radius 3 is 2.44 bits per heavy atom. The largest absolute Gasteiger partial charge is 0.478 e. The molecule has 0 radical (unpaired) electrons. The highest BCUT2D eigenvalue weighted by Crippen LogP contribution is 2.21. The number of aromatic nitrogens is 4. The maximum absolute atomic E-state index is 6.01. The first kappa shape index (κ1) is 18.5. The van der Waals surface area contributed by atoms with Crippen LogP contribution in [0.15, 0.2) is 42.5 Å². The maximum atomic E-state index is 6.01. The molecule has 0 bridgehead atoms. The summed E-state index contributed by atoms with van der Waals surface area (Å²) in [7, 11) is 0. The van der Waals surface area contributed by atoms with E-state index in [1.54, 1.807) is 12.1 Å². The number of pyridine rings is 1. The summed E-state index contributed by atoms with van der Waals surface area (Å²) >= 11 is 0. The monoisotopic (exact) mass is 367 g/mol. The molecule has 3 aromatic rings. The van der Waals surface area contributed by atoms with Crippen LogP contribution in [0, 0.1) is 0 Å². The first-order valence-corrected chi connectivity index (χ1v) is 9.09. The van der Waals surface area contributed by atoms with E-state index in [1.807, 2.05) is 25.1 Å². The molecular weight excluding hydrogens is 342 g/mol. The van der Waals surface area contributed by atoms with Gasteiger partial charge in [0, 0.05) is 30.5 Å². The second-order valence-electron chi connectivity index (χ2n) is 5.82. The second-order valence-corrected chi connectivity index (χ2v) is 5.82. The first-order chi connectivity index (χ1) is 13.1. The van der Waals surface area contributed by atoms with Gasteiger partial charge in [-0.1, -0.05) is 6.07 Å². The number of ether oxygens (including phenoxy) is 1. The highest BCUT2D eigenvalue weighted by atomic mass is 16.5. The molecule has 0 aliphatic carbocycles. The number of anilines is 4. The van der Waals surface area contributed by atoms with Crippen LogP contribution in [0.2, 0.25) is 0 Å². The lowest BCUT2D eigenvalue weighted by Crippen LogP contribution is -2.21. The van der Waals surface area contributed by atoms with Crippen LogP contribution in [-0.2, 0) is 0 Å². The lowest BCUT2D eigenvalue weighted by atomic mass is 10.2. The van der Waals surface area contributed by atoms with E-state index in [0.29, 0.717) is 24.3 Å². The minimum Gasteiger partial charge on any atom is -0.478 e. The fraction of sp³-hybridized carbons (Fsp3) is 0.316. The highest BCUT2D eigenvalue weighted by molar-refractivity contribution is 5.60. The van der Waals surface area contributed by atoms with Crippen LogP contribution in [0.3, 0.4) is 0 Å². The van der Waals surface area contributed by atoms with Crippen molar-refractivity contribution < 1.29 is 4.74 Å². The van der Waals surface area contributed by atoms with Gasteiger partial charge in [0.05, 0.1) is 6.61 Å². The fourth-order valence-electron chi connectivity index (χ4n) is 2.77. The van der Waals surface area contributed by atoms with Crippen molar-refractivity contribution in [3.05, 3.63) is 42.5 Å². The van der Waals surface area contributed by atoms with Gasteiger partial charge in [0.25, 0.3) is 0 Å². The Morgan fingerprint density at radius 1 is 1.04 bits per heavy atom. The van der Waals surface area contributed by atoms with Gasteiger partial charge in [0.1, 0.15) is 0 Å². The SMILES string of the molecule is CCOc1cccc(-n2nc(Nc3ccc(N(CC)CC)cc3)nc2N)n1. The van der Waals surface area contributed by atoms with Gasteiger partial charge in [-0.25, -0.2) is 0 Å². The molecule has 3 rings (SSSR count). The molecule has 8 heteroatoms. The summed E-state index contributed by atoms with van der Waals surface area (Å²) in [5.74, 6) is 1.73. The number of nitrogens with one attached hydrogen (secondary N) is 1. The molecule has 0 aliphatic rings. The van der Waals surface area contributed by atoms with E-state index in [1.165, 1.54) is 10.4 Å². The Hall–Kier alpha value is -3.29. The van der Waals surface area contributed by atoms with Gasteiger partial charge in [-0.3, -0.25) is 0 Å². The van der Waals surface area contributed by atoms with E-state index in [2.05, 4.69) is 51.3 Å². The van der Waals surface area contributed by atoms with Crippen molar-refractivity contribution in [3.8, 4) is 11.7 Å². The van der Waals surface area contributed by atoms with E-state index in [4.69, 9.17) is 10.5 Å². The number of benzene rings is 1. The molecule has 3 N–H and O–H groups in total. The van der Waals surface area contributed by atoms with Gasteiger partial charge in [-0.05, 0) is 51.1 Å². The van der Waals surface area contributed by atoms with Gasteiger partial charge >= 0.3 is 0 Å². The van der Waals surface area contributed by atoms with E-state index >= 15 is 0 Å². The van der Waals surface area contributed by atoms with Crippen LogP contribution in [-0.4, -0.2) is 39.4 Å². The smallest absolute Gasteiger partial charge is 0.248 e. The third-order valence-corrected chi connectivity index (χ3v) is 4.10. The summed E-state index contributed by atoms with van der Waals surface area (Å²) in [6.45, 7) is 8.68. The number of hydrogen-bond donors (Lipinski definition) is 2. The Kier molecular flexibility index (Phi) is 5.75. The summed E-state index contributed by atoms with van der Waals surface area (Å²) < 4.78 is 6.91. The van der Waals surface area contributed by atoms with E-state index in [0.717, 1.165) is 18.8 Å². The van der Waals surface area contributed by atoms with Crippen molar-refractivity contribution >= 4 is 23.3 Å². The van der Waals surface area contributed by atoms with Gasteiger partial charge in [-0.2, -0.15) is 14.6 Å². The zero-order chi connectivity index (χ0) is 19.2. The zero-order valence-electron chi connectivity index (χ0n) is 15.9. The molecule has 0 atom stereocenters. The first-order valence-electron chi connectivity index (χ1n) is 9.09. The molecular formula is C19H25N7O. The predicted octanol–water partition coefficient (Wildman–Crippen LogP) is 3.23. The topological polar surface area (TPSA) is 94.1 Å². The summed E-state index contributed by atoms with van der Waals surface area (Å²) in [4.78, 5) is 10.9. The molecule has 2 aromatic heterocycles. The van der Waals surface area contributed by atoms with Crippen LogP contribution in [0.4, 0.5) is 23.3 Å². The predicted molar refractivity (Wildman–Crippen MR) is 108 cm³/mol. The minimum atomic E-state index is 0.249. The molecule has 0 saturated carbocycles. The normalized spacial score (nSPS) is 10.6. The molecule has 27 heavy (non-hydrogen) atoms. The Morgan fingerprint density at radius 2 is 1.78 bits per heavy atom. The maximum Gasteiger partial charge on any atom is 0.248 e. The summed E-state index contributed by atoms with van der Waals surface area (Å²) in [6, 6.07) is 13.6. The molecule has 2 heterocycles. The van der Waals surface area contributed by atoms with Gasteiger partial charge in [0.15, 0.2) is 5.82 Å². The molecule has 8 nitrogen and oxygen atoms in total. The molecule has 1 aromatic carbocycles. The number of nitrogens with zero attached hydrogens (tertiary/aromatic N) is 5. The van der Waals surface area contributed by atoms with E-state index < -0.39 is 0 Å². The fourth-order valence-corrected chi connectivity index (χ4v) is 2.77. The lowest BCUT2D eigenvalue weighted by Gasteiger charge is -2.21. The standard InChI is InChI=1S/C19H25N7O/c1-4-25(5-2)15-12-10-14(11-13-15)21-19-23-18(20)26(24-19)16-8-7-9-17(22-16)27-6-3/h7-13H,4-6H2,1-3H3,(H3,20,21,23,24). The minimum absolute atomic E-state index is 0.249. The molecule has 0 unspecified atom stereocenters. The van der Waals surface area contributed by atoms with Crippen molar-refractivity contribution in [2.24, 2.45) is 0 Å². The molecule has 0 fully saturated rings. The molecule has 142 valence electrons. The third-order valence-electron chi connectivity index (χ3n) is 4.10. The van der Waals surface area contributed by atoms with Crippen LogP contribution >= 0.6 is 0 Å². The molecule has 0 saturated heterocycles. The van der Waals surface area contributed by atoms with Crippen LogP contribution in [0.5, 0.6) is 5.88 Å². The number of nitrogen functional groups attached to an aromatic ring is 1.